The number of ether oxygens (including phenoxy) is 3. The highest BCUT2D eigenvalue weighted by Gasteiger charge is 2.28. The summed E-state index contributed by atoms with van der Waals surface area (Å²) in [6.45, 7) is 5.02. The summed E-state index contributed by atoms with van der Waals surface area (Å²) in [5, 5.41) is 2.75. The molecule has 2 aromatic rings. The van der Waals surface area contributed by atoms with Gasteiger partial charge in [-0.1, -0.05) is 13.8 Å². The molecule has 0 saturated heterocycles. The first-order valence-electron chi connectivity index (χ1n) is 9.85. The van der Waals surface area contributed by atoms with Gasteiger partial charge in [-0.15, -0.1) is 0 Å². The van der Waals surface area contributed by atoms with Crippen molar-refractivity contribution in [3.63, 3.8) is 0 Å². The minimum Gasteiger partial charge on any atom is -0.497 e. The number of esters is 1. The van der Waals surface area contributed by atoms with Gasteiger partial charge in [-0.05, 0) is 60.9 Å². The van der Waals surface area contributed by atoms with Crippen LogP contribution in [0.4, 0.5) is 5.69 Å². The largest absolute Gasteiger partial charge is 0.497 e. The molecule has 9 nitrogen and oxygen atoms in total. The Hall–Kier alpha value is -3.11. The van der Waals surface area contributed by atoms with Crippen LogP contribution in [0.3, 0.4) is 0 Å². The molecule has 0 aliphatic heterocycles. The topological polar surface area (TPSA) is 120 Å². The highest BCUT2D eigenvalue weighted by Crippen LogP contribution is 2.23. The third-order valence-electron chi connectivity index (χ3n) is 4.64. The van der Waals surface area contributed by atoms with E-state index in [2.05, 4.69) is 14.8 Å². The lowest BCUT2D eigenvalue weighted by Gasteiger charge is -2.22. The molecule has 0 unspecified atom stereocenters. The second kappa shape index (κ2) is 11.0. The lowest BCUT2D eigenvalue weighted by atomic mass is 10.0. The number of rotatable bonds is 10. The molecule has 0 aliphatic carbocycles. The summed E-state index contributed by atoms with van der Waals surface area (Å²) in [5.41, 5.74) is 1.18. The van der Waals surface area contributed by atoms with E-state index in [-0.39, 0.29) is 17.4 Å². The van der Waals surface area contributed by atoms with Crippen molar-refractivity contribution in [2.45, 2.75) is 31.7 Å². The van der Waals surface area contributed by atoms with E-state index in [9.17, 15) is 18.0 Å². The summed E-state index contributed by atoms with van der Waals surface area (Å²) in [7, 11) is -1.18. The van der Waals surface area contributed by atoms with Gasteiger partial charge < -0.3 is 19.5 Å². The first-order valence-corrected chi connectivity index (χ1v) is 11.3. The molecule has 0 saturated carbocycles. The second-order valence-corrected chi connectivity index (χ2v) is 9.06. The van der Waals surface area contributed by atoms with Gasteiger partial charge in [0.2, 0.25) is 15.9 Å². The average molecular weight is 465 g/mol. The number of sulfonamides is 1. The van der Waals surface area contributed by atoms with Crippen LogP contribution in [0.2, 0.25) is 0 Å². The van der Waals surface area contributed by atoms with E-state index in [0.29, 0.717) is 22.7 Å². The van der Waals surface area contributed by atoms with Gasteiger partial charge in [0.15, 0.2) is 6.61 Å². The molecule has 2 rings (SSSR count). The molecule has 1 amide bonds. The van der Waals surface area contributed by atoms with Crippen LogP contribution >= 0.6 is 0 Å². The van der Waals surface area contributed by atoms with Crippen LogP contribution < -0.4 is 19.5 Å². The van der Waals surface area contributed by atoms with Gasteiger partial charge in [-0.25, -0.2) is 13.2 Å². The fraction of sp³-hybridized carbons (Fsp3) is 0.364. The van der Waals surface area contributed by atoms with E-state index in [4.69, 9.17) is 9.47 Å². The Morgan fingerprint density at radius 1 is 1.00 bits per heavy atom. The Balaban J connectivity index is 2.13. The van der Waals surface area contributed by atoms with Gasteiger partial charge >= 0.3 is 5.97 Å². The Morgan fingerprint density at radius 2 is 1.62 bits per heavy atom. The predicted molar refractivity (Wildman–Crippen MR) is 119 cm³/mol. The van der Waals surface area contributed by atoms with Crippen molar-refractivity contribution in [3.8, 4) is 11.5 Å². The number of carbonyl (C=O) groups is 2. The molecule has 0 radical (unpaired) electrons. The van der Waals surface area contributed by atoms with Crippen molar-refractivity contribution >= 4 is 27.6 Å². The fourth-order valence-electron chi connectivity index (χ4n) is 2.76. The van der Waals surface area contributed by atoms with Crippen LogP contribution in [0, 0.1) is 12.8 Å². The standard InChI is InChI=1S/C22H28N2O7S/c1-14(2)21(24-32(27,28)18-9-6-16(29-4)7-10-18)22(26)23-19-11-8-17(12-15(19)3)31-13-20(25)30-5/h6-12,14,21,24H,13H2,1-5H3,(H,23,26)/t21-/m0/s1. The number of hydrogen-bond acceptors (Lipinski definition) is 7. The van der Waals surface area contributed by atoms with Crippen LogP contribution in [0.15, 0.2) is 47.4 Å². The summed E-state index contributed by atoms with van der Waals surface area (Å²) in [6, 6.07) is 9.76. The SMILES string of the molecule is COC(=O)COc1ccc(NC(=O)[C@@H](NS(=O)(=O)c2ccc(OC)cc2)C(C)C)c(C)c1. The van der Waals surface area contributed by atoms with Gasteiger partial charge in [0.1, 0.15) is 17.5 Å². The lowest BCUT2D eigenvalue weighted by molar-refractivity contribution is -0.142. The van der Waals surface area contributed by atoms with E-state index in [1.165, 1.54) is 38.5 Å². The summed E-state index contributed by atoms with van der Waals surface area (Å²) in [5.74, 6) is -0.360. The van der Waals surface area contributed by atoms with E-state index >= 15 is 0 Å². The number of methoxy groups -OCH3 is 2. The maximum absolute atomic E-state index is 12.9. The maximum Gasteiger partial charge on any atom is 0.343 e. The van der Waals surface area contributed by atoms with Crippen molar-refractivity contribution in [1.29, 1.82) is 0 Å². The normalized spacial score (nSPS) is 12.2. The Bertz CT molecular complexity index is 1050. The predicted octanol–water partition coefficient (Wildman–Crippen LogP) is 2.50. The zero-order valence-corrected chi connectivity index (χ0v) is 19.5. The van der Waals surface area contributed by atoms with Crippen molar-refractivity contribution < 1.29 is 32.2 Å². The van der Waals surface area contributed by atoms with Crippen molar-refractivity contribution in [2.75, 3.05) is 26.1 Å². The zero-order valence-electron chi connectivity index (χ0n) is 18.7. The molecule has 10 heteroatoms. The van der Waals surface area contributed by atoms with Crippen LogP contribution in [-0.2, 0) is 24.3 Å². The fourth-order valence-corrected chi connectivity index (χ4v) is 4.10. The van der Waals surface area contributed by atoms with Crippen LogP contribution in [0.5, 0.6) is 11.5 Å². The summed E-state index contributed by atoms with van der Waals surface area (Å²) in [4.78, 5) is 24.1. The molecular formula is C22H28N2O7S. The molecular weight excluding hydrogens is 436 g/mol. The van der Waals surface area contributed by atoms with Gasteiger partial charge in [0, 0.05) is 5.69 Å². The molecule has 0 aliphatic rings. The average Bonchev–Trinajstić information content (AvgIpc) is 2.77. The monoisotopic (exact) mass is 464 g/mol. The highest BCUT2D eigenvalue weighted by molar-refractivity contribution is 7.89. The molecule has 2 N–H and O–H groups in total. The Morgan fingerprint density at radius 3 is 2.16 bits per heavy atom. The molecule has 0 fully saturated rings. The van der Waals surface area contributed by atoms with Crippen molar-refractivity contribution in [2.24, 2.45) is 5.92 Å². The number of benzene rings is 2. The Labute approximate surface area is 188 Å². The molecule has 1 atom stereocenters. The van der Waals surface area contributed by atoms with Crippen LogP contribution in [0.25, 0.3) is 0 Å². The molecule has 174 valence electrons. The molecule has 32 heavy (non-hydrogen) atoms. The second-order valence-electron chi connectivity index (χ2n) is 7.35. The summed E-state index contributed by atoms with van der Waals surface area (Å²) in [6.07, 6.45) is 0. The number of aryl methyl sites for hydroxylation is 1. The minimum absolute atomic E-state index is 0.0278. The number of hydrogen-bond donors (Lipinski definition) is 2. The first-order chi connectivity index (χ1) is 15.1. The van der Waals surface area contributed by atoms with Crippen molar-refractivity contribution in [3.05, 3.63) is 48.0 Å². The van der Waals surface area contributed by atoms with E-state index in [1.54, 1.807) is 39.0 Å². The third kappa shape index (κ3) is 6.69. The maximum atomic E-state index is 12.9. The van der Waals surface area contributed by atoms with Crippen molar-refractivity contribution in [1.82, 2.24) is 4.72 Å². The minimum atomic E-state index is -3.93. The summed E-state index contributed by atoms with van der Waals surface area (Å²) >= 11 is 0. The quantitative estimate of drug-likeness (QED) is 0.518. The van der Waals surface area contributed by atoms with Gasteiger partial charge in [-0.2, -0.15) is 4.72 Å². The number of nitrogens with one attached hydrogen (secondary N) is 2. The lowest BCUT2D eigenvalue weighted by Crippen LogP contribution is -2.47. The molecule has 2 aromatic carbocycles. The third-order valence-corrected chi connectivity index (χ3v) is 6.10. The van der Waals surface area contributed by atoms with Crippen LogP contribution in [-0.4, -0.2) is 47.2 Å². The van der Waals surface area contributed by atoms with Gasteiger partial charge in [0.05, 0.1) is 19.1 Å². The number of carbonyl (C=O) groups excluding carboxylic acids is 2. The van der Waals surface area contributed by atoms with E-state index in [1.807, 2.05) is 0 Å². The van der Waals surface area contributed by atoms with Crippen LogP contribution in [0.1, 0.15) is 19.4 Å². The molecule has 0 spiro atoms. The Kier molecular flexibility index (Phi) is 8.62. The number of anilines is 1. The highest BCUT2D eigenvalue weighted by atomic mass is 32.2. The first kappa shape index (κ1) is 25.2. The van der Waals surface area contributed by atoms with E-state index in [0.717, 1.165) is 0 Å². The molecule has 0 aromatic heterocycles. The zero-order chi connectivity index (χ0) is 23.9. The smallest absolute Gasteiger partial charge is 0.343 e. The molecule has 0 bridgehead atoms. The van der Waals surface area contributed by atoms with E-state index < -0.39 is 27.9 Å². The summed E-state index contributed by atoms with van der Waals surface area (Å²) < 4.78 is 42.9. The molecule has 0 heterocycles. The van der Waals surface area contributed by atoms with Gasteiger partial charge in [0.25, 0.3) is 0 Å². The van der Waals surface area contributed by atoms with Gasteiger partial charge in [-0.3, -0.25) is 4.79 Å². The number of amides is 1.